The van der Waals surface area contributed by atoms with Crippen molar-refractivity contribution in [1.82, 2.24) is 10.2 Å². The van der Waals surface area contributed by atoms with Crippen LogP contribution in [-0.4, -0.2) is 67.7 Å². The molecule has 0 radical (unpaired) electrons. The molecule has 0 unspecified atom stereocenters. The van der Waals surface area contributed by atoms with Gasteiger partial charge in [-0.2, -0.15) is 0 Å². The predicted octanol–water partition coefficient (Wildman–Crippen LogP) is 1.47. The van der Waals surface area contributed by atoms with Crippen LogP contribution in [0.4, 0.5) is 14.9 Å². The summed E-state index contributed by atoms with van der Waals surface area (Å²) in [6, 6.07) is 4.51. The summed E-state index contributed by atoms with van der Waals surface area (Å²) in [5, 5.41) is 2.59. The molecule has 1 N–H and O–H groups in total. The molecule has 1 atom stereocenters. The van der Waals surface area contributed by atoms with Gasteiger partial charge < -0.3 is 19.7 Å². The maximum Gasteiger partial charge on any atom is 0.414 e. The van der Waals surface area contributed by atoms with Crippen LogP contribution in [0.1, 0.15) is 25.8 Å². The van der Waals surface area contributed by atoms with Crippen molar-refractivity contribution in [2.45, 2.75) is 26.4 Å². The van der Waals surface area contributed by atoms with Gasteiger partial charge in [0, 0.05) is 32.5 Å². The number of nitrogens with one attached hydrogen (secondary N) is 1. The monoisotopic (exact) mass is 433 g/mol. The van der Waals surface area contributed by atoms with Crippen LogP contribution in [0.3, 0.4) is 0 Å². The third-order valence-corrected chi connectivity index (χ3v) is 5.02. The molecule has 9 nitrogen and oxygen atoms in total. The lowest BCUT2D eigenvalue weighted by molar-refractivity contribution is -0.150. The van der Waals surface area contributed by atoms with Gasteiger partial charge in [0.2, 0.25) is 5.91 Å². The Balaban J connectivity index is 1.64. The molecule has 31 heavy (non-hydrogen) atoms. The fourth-order valence-electron chi connectivity index (χ4n) is 3.42. The Labute approximate surface area is 178 Å². The van der Waals surface area contributed by atoms with Crippen molar-refractivity contribution in [2.75, 3.05) is 37.7 Å². The molecule has 0 aliphatic carbocycles. The summed E-state index contributed by atoms with van der Waals surface area (Å²) < 4.78 is 24.7. The predicted molar refractivity (Wildman–Crippen MR) is 109 cm³/mol. The highest BCUT2D eigenvalue weighted by molar-refractivity contribution is 5.90. The van der Waals surface area contributed by atoms with E-state index in [0.717, 1.165) is 5.57 Å². The average molecular weight is 433 g/mol. The van der Waals surface area contributed by atoms with Crippen molar-refractivity contribution >= 4 is 35.1 Å². The van der Waals surface area contributed by atoms with Crippen molar-refractivity contribution in [3.8, 4) is 0 Å². The molecule has 166 valence electrons. The molecule has 0 aromatic heterocycles. The molecule has 0 spiro atoms. The Kier molecular flexibility index (Phi) is 6.88. The highest BCUT2D eigenvalue weighted by Gasteiger charge is 2.33. The van der Waals surface area contributed by atoms with Crippen LogP contribution in [0, 0.1) is 5.82 Å². The van der Waals surface area contributed by atoms with Crippen LogP contribution in [0.25, 0.3) is 5.57 Å². The first kappa shape index (κ1) is 22.3. The zero-order valence-corrected chi connectivity index (χ0v) is 17.4. The number of cyclic esters (lactones) is 1. The second-order valence-electron chi connectivity index (χ2n) is 7.32. The number of hydrogen-bond acceptors (Lipinski definition) is 6. The van der Waals surface area contributed by atoms with Crippen molar-refractivity contribution in [1.29, 1.82) is 0 Å². The number of nitrogens with zero attached hydrogens (tertiary/aromatic N) is 2. The van der Waals surface area contributed by atoms with E-state index in [1.165, 1.54) is 29.7 Å². The zero-order valence-electron chi connectivity index (χ0n) is 17.4. The lowest BCUT2D eigenvalue weighted by Gasteiger charge is -2.26. The van der Waals surface area contributed by atoms with Gasteiger partial charge in [0.15, 0.2) is 6.61 Å². The second kappa shape index (κ2) is 9.59. The number of rotatable bonds is 6. The number of amides is 3. The normalized spacial score (nSPS) is 18.4. The molecule has 3 amide bonds. The van der Waals surface area contributed by atoms with Gasteiger partial charge in [0.1, 0.15) is 11.9 Å². The van der Waals surface area contributed by atoms with Gasteiger partial charge in [-0.25, -0.2) is 9.18 Å². The average Bonchev–Trinajstić information content (AvgIpc) is 3.11. The van der Waals surface area contributed by atoms with E-state index in [0.29, 0.717) is 30.8 Å². The van der Waals surface area contributed by atoms with E-state index in [1.807, 2.05) is 0 Å². The smallest absolute Gasteiger partial charge is 0.414 e. The molecule has 3 rings (SSSR count). The number of hydrogen-bond donors (Lipinski definition) is 1. The molecular weight excluding hydrogens is 409 g/mol. The van der Waals surface area contributed by atoms with Crippen molar-refractivity contribution in [3.05, 3.63) is 35.7 Å². The fourth-order valence-corrected chi connectivity index (χ4v) is 3.42. The van der Waals surface area contributed by atoms with Crippen molar-refractivity contribution in [3.63, 3.8) is 0 Å². The minimum absolute atomic E-state index is 0.192. The maximum absolute atomic E-state index is 14.8. The van der Waals surface area contributed by atoms with Gasteiger partial charge in [-0.15, -0.1) is 0 Å². The number of esters is 1. The SMILES string of the molecule is CC(=O)NC[C@H]1CN(c2ccc(C3=CCN(C(=O)COC(C)=O)CC3)c(F)c2)C(=O)O1. The number of benzene rings is 1. The quantitative estimate of drug-likeness (QED) is 0.681. The van der Waals surface area contributed by atoms with E-state index in [4.69, 9.17) is 9.47 Å². The first-order valence-corrected chi connectivity index (χ1v) is 9.87. The Morgan fingerprint density at radius 1 is 1.29 bits per heavy atom. The number of halogens is 1. The molecule has 2 heterocycles. The Morgan fingerprint density at radius 3 is 2.68 bits per heavy atom. The highest BCUT2D eigenvalue weighted by atomic mass is 19.1. The van der Waals surface area contributed by atoms with E-state index in [2.05, 4.69) is 5.32 Å². The zero-order chi connectivity index (χ0) is 22.5. The molecule has 1 aromatic rings. The van der Waals surface area contributed by atoms with Gasteiger partial charge in [0.05, 0.1) is 18.8 Å². The van der Waals surface area contributed by atoms with Crippen LogP contribution < -0.4 is 10.2 Å². The summed E-state index contributed by atoms with van der Waals surface area (Å²) in [7, 11) is 0. The van der Waals surface area contributed by atoms with E-state index in [1.54, 1.807) is 18.2 Å². The van der Waals surface area contributed by atoms with E-state index < -0.39 is 24.0 Å². The second-order valence-corrected chi connectivity index (χ2v) is 7.32. The minimum Gasteiger partial charge on any atom is -0.456 e. The first-order valence-electron chi connectivity index (χ1n) is 9.87. The third kappa shape index (κ3) is 5.59. The van der Waals surface area contributed by atoms with Crippen LogP contribution in [-0.2, 0) is 23.9 Å². The van der Waals surface area contributed by atoms with Crippen LogP contribution in [0.5, 0.6) is 0 Å². The molecule has 2 aliphatic rings. The molecule has 1 fully saturated rings. The standard InChI is InChI=1S/C21H24FN3O6/c1-13(26)23-10-17-11-25(21(29)31-17)16-3-4-18(19(22)9-16)15-5-7-24(8-6-15)20(28)12-30-14(2)27/h3-5,9,17H,6-8,10-12H2,1-2H3,(H,23,26)/t17-/m0/s1. The highest BCUT2D eigenvalue weighted by Crippen LogP contribution is 2.29. The number of carbonyl (C=O) groups is 4. The summed E-state index contributed by atoms with van der Waals surface area (Å²) in [5.41, 5.74) is 1.53. The third-order valence-electron chi connectivity index (χ3n) is 5.02. The van der Waals surface area contributed by atoms with Crippen LogP contribution in [0.2, 0.25) is 0 Å². The lowest BCUT2D eigenvalue weighted by Crippen LogP contribution is -2.37. The minimum atomic E-state index is -0.596. The topological polar surface area (TPSA) is 105 Å². The Hall–Kier alpha value is -3.43. The van der Waals surface area contributed by atoms with Crippen molar-refractivity contribution in [2.24, 2.45) is 0 Å². The molecule has 10 heteroatoms. The molecule has 1 saturated heterocycles. The van der Waals surface area contributed by atoms with Gasteiger partial charge in [-0.3, -0.25) is 19.3 Å². The summed E-state index contributed by atoms with van der Waals surface area (Å²) >= 11 is 0. The number of ether oxygens (including phenoxy) is 2. The Morgan fingerprint density at radius 2 is 2.06 bits per heavy atom. The largest absolute Gasteiger partial charge is 0.456 e. The summed E-state index contributed by atoms with van der Waals surface area (Å²) in [4.78, 5) is 48.8. The molecule has 0 bridgehead atoms. The van der Waals surface area contributed by atoms with E-state index >= 15 is 0 Å². The number of carbonyl (C=O) groups excluding carboxylic acids is 4. The lowest BCUT2D eigenvalue weighted by atomic mass is 9.98. The summed E-state index contributed by atoms with van der Waals surface area (Å²) in [6.45, 7) is 3.38. The molecule has 2 aliphatic heterocycles. The van der Waals surface area contributed by atoms with E-state index in [9.17, 15) is 23.6 Å². The molecule has 1 aromatic carbocycles. The maximum atomic E-state index is 14.8. The van der Waals surface area contributed by atoms with Gasteiger partial charge >= 0.3 is 12.1 Å². The van der Waals surface area contributed by atoms with Gasteiger partial charge in [-0.1, -0.05) is 6.08 Å². The van der Waals surface area contributed by atoms with Gasteiger partial charge in [0.25, 0.3) is 5.91 Å². The summed E-state index contributed by atoms with van der Waals surface area (Å²) in [5.74, 6) is -1.53. The Bertz CT molecular complexity index is 932. The number of anilines is 1. The first-order chi connectivity index (χ1) is 14.7. The van der Waals surface area contributed by atoms with Crippen LogP contribution >= 0.6 is 0 Å². The summed E-state index contributed by atoms with van der Waals surface area (Å²) in [6.07, 6.45) is 1.12. The van der Waals surface area contributed by atoms with Gasteiger partial charge in [-0.05, 0) is 30.2 Å². The molecular formula is C21H24FN3O6. The van der Waals surface area contributed by atoms with Crippen LogP contribution in [0.15, 0.2) is 24.3 Å². The van der Waals surface area contributed by atoms with E-state index in [-0.39, 0.29) is 31.5 Å². The van der Waals surface area contributed by atoms with Crippen molar-refractivity contribution < 1.29 is 33.0 Å². The molecule has 0 saturated carbocycles. The fraction of sp³-hybridized carbons (Fsp3) is 0.429.